The van der Waals surface area contributed by atoms with E-state index >= 15 is 0 Å². The van der Waals surface area contributed by atoms with Crippen LogP contribution in [0.1, 0.15) is 12.8 Å². The Hall–Kier alpha value is -0.850. The molecule has 2 N–H and O–H groups in total. The van der Waals surface area contributed by atoms with E-state index in [0.717, 1.165) is 39.9 Å². The fraction of sp³-hybridized carbons (Fsp3) is 0.417. The number of nitrogens with zero attached hydrogens (tertiary/aromatic N) is 1. The Labute approximate surface area is 117 Å². The first-order valence-electron chi connectivity index (χ1n) is 5.82. The third-order valence-electron chi connectivity index (χ3n) is 2.91. The average Bonchev–Trinajstić information content (AvgIpc) is 2.94. The van der Waals surface area contributed by atoms with Crippen LogP contribution in [-0.2, 0) is 4.74 Å². The van der Waals surface area contributed by atoms with Gasteiger partial charge >= 0.3 is 0 Å². The fourth-order valence-corrected chi connectivity index (χ4v) is 3.21. The largest absolute Gasteiger partial charge is 0.490 e. The summed E-state index contributed by atoms with van der Waals surface area (Å²) in [5.41, 5.74) is 6.59. The van der Waals surface area contributed by atoms with Gasteiger partial charge in [0, 0.05) is 12.7 Å². The molecule has 96 valence electrons. The lowest BCUT2D eigenvalue weighted by atomic mass is 10.2. The van der Waals surface area contributed by atoms with Gasteiger partial charge in [0.25, 0.3) is 0 Å². The van der Waals surface area contributed by atoms with Crippen molar-refractivity contribution in [2.24, 2.45) is 0 Å². The number of halogens is 1. The molecule has 0 saturated carbocycles. The molecule has 0 aliphatic carbocycles. The van der Waals surface area contributed by atoms with Gasteiger partial charge in [-0.3, -0.25) is 0 Å². The lowest BCUT2D eigenvalue weighted by molar-refractivity contribution is 0.0677. The van der Waals surface area contributed by atoms with E-state index in [9.17, 15) is 0 Å². The predicted octanol–water partition coefficient (Wildman–Crippen LogP) is 3.20. The van der Waals surface area contributed by atoms with E-state index in [-0.39, 0.29) is 6.10 Å². The van der Waals surface area contributed by atoms with Crippen molar-refractivity contribution in [3.05, 3.63) is 16.6 Å². The minimum Gasteiger partial charge on any atom is -0.490 e. The van der Waals surface area contributed by atoms with Gasteiger partial charge in [0.1, 0.15) is 12.4 Å². The molecule has 1 aromatic heterocycles. The average molecular weight is 329 g/mol. The molecular weight excluding hydrogens is 316 g/mol. The van der Waals surface area contributed by atoms with Crippen molar-refractivity contribution < 1.29 is 9.47 Å². The number of hydrogen-bond donors (Lipinski definition) is 1. The highest BCUT2D eigenvalue weighted by Gasteiger charge is 2.17. The predicted molar refractivity (Wildman–Crippen MR) is 76.2 cm³/mol. The lowest BCUT2D eigenvalue weighted by Crippen LogP contribution is -2.16. The molecule has 2 aromatic rings. The molecule has 0 bridgehead atoms. The van der Waals surface area contributed by atoms with Crippen molar-refractivity contribution >= 4 is 42.6 Å². The number of benzene rings is 1. The Kier molecular flexibility index (Phi) is 3.41. The van der Waals surface area contributed by atoms with Crippen LogP contribution in [0.2, 0.25) is 0 Å². The smallest absolute Gasteiger partial charge is 0.181 e. The molecule has 0 radical (unpaired) electrons. The molecule has 3 rings (SSSR count). The highest BCUT2D eigenvalue weighted by molar-refractivity contribution is 9.10. The minimum atomic E-state index is 0.221. The second-order valence-corrected chi connectivity index (χ2v) is 6.17. The van der Waals surface area contributed by atoms with Gasteiger partial charge in [-0.1, -0.05) is 11.3 Å². The number of anilines is 1. The summed E-state index contributed by atoms with van der Waals surface area (Å²) in [5, 5.41) is 0.577. The van der Waals surface area contributed by atoms with E-state index in [1.165, 1.54) is 11.3 Å². The number of nitrogen functional groups attached to an aromatic ring is 1. The van der Waals surface area contributed by atoms with Gasteiger partial charge in [-0.05, 0) is 34.8 Å². The van der Waals surface area contributed by atoms with Gasteiger partial charge in [-0.15, -0.1) is 0 Å². The van der Waals surface area contributed by atoms with E-state index in [2.05, 4.69) is 20.9 Å². The summed E-state index contributed by atoms with van der Waals surface area (Å²) in [4.78, 5) is 4.24. The molecule has 1 saturated heterocycles. The molecule has 1 aliphatic rings. The van der Waals surface area contributed by atoms with Crippen LogP contribution in [-0.4, -0.2) is 24.3 Å². The summed E-state index contributed by atoms with van der Waals surface area (Å²) in [6, 6.07) is 3.91. The van der Waals surface area contributed by atoms with E-state index in [0.29, 0.717) is 11.7 Å². The fourth-order valence-electron chi connectivity index (χ4n) is 2.02. The molecule has 0 amide bonds. The van der Waals surface area contributed by atoms with Crippen LogP contribution < -0.4 is 10.5 Å². The zero-order valence-electron chi connectivity index (χ0n) is 9.69. The number of rotatable bonds is 3. The lowest BCUT2D eigenvalue weighted by Gasteiger charge is -2.12. The van der Waals surface area contributed by atoms with Crippen molar-refractivity contribution in [1.82, 2.24) is 4.98 Å². The Morgan fingerprint density at radius 2 is 2.44 bits per heavy atom. The monoisotopic (exact) mass is 328 g/mol. The summed E-state index contributed by atoms with van der Waals surface area (Å²) in [7, 11) is 0. The van der Waals surface area contributed by atoms with Crippen molar-refractivity contribution in [3.8, 4) is 5.75 Å². The second-order valence-electron chi connectivity index (χ2n) is 4.25. The van der Waals surface area contributed by atoms with Gasteiger partial charge in [0.15, 0.2) is 5.13 Å². The van der Waals surface area contributed by atoms with Crippen LogP contribution >= 0.6 is 27.3 Å². The summed E-state index contributed by atoms with van der Waals surface area (Å²) in [6.45, 7) is 1.44. The van der Waals surface area contributed by atoms with Crippen LogP contribution in [0.25, 0.3) is 10.2 Å². The number of ether oxygens (including phenoxy) is 2. The SMILES string of the molecule is Nc1nc2cc(Br)c(OCC3CCCO3)cc2s1. The van der Waals surface area contributed by atoms with Crippen molar-refractivity contribution in [1.29, 1.82) is 0 Å². The number of aromatic nitrogens is 1. The van der Waals surface area contributed by atoms with E-state index < -0.39 is 0 Å². The van der Waals surface area contributed by atoms with Gasteiger partial charge in [0.2, 0.25) is 0 Å². The van der Waals surface area contributed by atoms with Crippen LogP contribution in [0.15, 0.2) is 16.6 Å². The summed E-state index contributed by atoms with van der Waals surface area (Å²) < 4.78 is 13.3. The van der Waals surface area contributed by atoms with Crippen LogP contribution in [0.5, 0.6) is 5.75 Å². The maximum absolute atomic E-state index is 5.80. The molecule has 0 spiro atoms. The quantitative estimate of drug-likeness (QED) is 0.939. The van der Waals surface area contributed by atoms with Crippen molar-refractivity contribution in [2.75, 3.05) is 18.9 Å². The molecular formula is C12H13BrN2O2S. The number of hydrogen-bond acceptors (Lipinski definition) is 5. The minimum absolute atomic E-state index is 0.221. The van der Waals surface area contributed by atoms with Gasteiger partial charge in [0.05, 0.1) is 20.8 Å². The summed E-state index contributed by atoms with van der Waals surface area (Å²) >= 11 is 4.96. The third-order valence-corrected chi connectivity index (χ3v) is 4.37. The molecule has 4 nitrogen and oxygen atoms in total. The molecule has 1 unspecified atom stereocenters. The zero-order chi connectivity index (χ0) is 12.5. The van der Waals surface area contributed by atoms with Crippen LogP contribution in [0, 0.1) is 0 Å². The van der Waals surface area contributed by atoms with Gasteiger partial charge < -0.3 is 15.2 Å². The summed E-state index contributed by atoms with van der Waals surface area (Å²) in [5.74, 6) is 0.821. The maximum Gasteiger partial charge on any atom is 0.181 e. The molecule has 1 aromatic carbocycles. The maximum atomic E-state index is 5.80. The molecule has 2 heterocycles. The van der Waals surface area contributed by atoms with Crippen molar-refractivity contribution in [2.45, 2.75) is 18.9 Å². The molecule has 1 atom stereocenters. The first kappa shape index (κ1) is 12.2. The standard InChI is InChI=1S/C12H13BrN2O2S/c13-8-4-9-11(18-12(14)15-9)5-10(8)17-6-7-2-1-3-16-7/h4-5,7H,1-3,6H2,(H2,14,15). The Morgan fingerprint density at radius 3 is 3.22 bits per heavy atom. The highest BCUT2D eigenvalue weighted by Crippen LogP contribution is 2.34. The molecule has 1 fully saturated rings. The normalized spacial score (nSPS) is 19.5. The van der Waals surface area contributed by atoms with E-state index in [1.54, 1.807) is 0 Å². The number of thiazole rings is 1. The topological polar surface area (TPSA) is 57.4 Å². The number of fused-ring (bicyclic) bond motifs is 1. The van der Waals surface area contributed by atoms with E-state index in [1.807, 2.05) is 12.1 Å². The van der Waals surface area contributed by atoms with Crippen LogP contribution in [0.4, 0.5) is 5.13 Å². The molecule has 6 heteroatoms. The first-order valence-corrected chi connectivity index (χ1v) is 7.43. The summed E-state index contributed by atoms with van der Waals surface area (Å²) in [6.07, 6.45) is 2.42. The van der Waals surface area contributed by atoms with Crippen LogP contribution in [0.3, 0.4) is 0 Å². The number of nitrogens with two attached hydrogens (primary N) is 1. The third kappa shape index (κ3) is 2.46. The Morgan fingerprint density at radius 1 is 1.56 bits per heavy atom. The highest BCUT2D eigenvalue weighted by atomic mass is 79.9. The van der Waals surface area contributed by atoms with Gasteiger partial charge in [-0.2, -0.15) is 0 Å². The van der Waals surface area contributed by atoms with Crippen molar-refractivity contribution in [3.63, 3.8) is 0 Å². The Balaban J connectivity index is 1.79. The van der Waals surface area contributed by atoms with E-state index in [4.69, 9.17) is 15.2 Å². The molecule has 1 aliphatic heterocycles. The Bertz CT molecular complexity index is 566. The molecule has 18 heavy (non-hydrogen) atoms. The zero-order valence-corrected chi connectivity index (χ0v) is 12.1. The van der Waals surface area contributed by atoms with Gasteiger partial charge in [-0.25, -0.2) is 4.98 Å². The first-order chi connectivity index (χ1) is 8.72. The second kappa shape index (κ2) is 5.03.